The Morgan fingerprint density at radius 2 is 2.21 bits per heavy atom. The van der Waals surface area contributed by atoms with Crippen LogP contribution in [0.3, 0.4) is 0 Å². The number of phenolic OH excluding ortho intramolecular Hbond substituents is 1. The van der Waals surface area contributed by atoms with Gasteiger partial charge in [0.05, 0.1) is 12.8 Å². The predicted molar refractivity (Wildman–Crippen MR) is 74.5 cm³/mol. The van der Waals surface area contributed by atoms with Gasteiger partial charge < -0.3 is 15.2 Å². The fraction of sp³-hybridized carbons (Fsp3) is 0.0769. The van der Waals surface area contributed by atoms with Gasteiger partial charge in [0.25, 0.3) is 5.91 Å². The zero-order chi connectivity index (χ0) is 13.8. The molecule has 0 aliphatic carbocycles. The number of nitrogens with one attached hydrogen (secondary N) is 1. The smallest absolute Gasteiger partial charge is 0.275 e. The lowest BCUT2D eigenvalue weighted by molar-refractivity contribution is 0.102. The normalized spacial score (nSPS) is 10.0. The number of amides is 1. The molecule has 6 heteroatoms. The maximum absolute atomic E-state index is 12.0. The lowest BCUT2D eigenvalue weighted by Gasteiger charge is -2.09. The summed E-state index contributed by atoms with van der Waals surface area (Å²) in [5, 5.41) is 12.3. The Bertz CT molecular complexity index is 617. The standard InChI is InChI=1S/C13H11BrN2O3/c1-19-8-4-5-11(17)10(7-8)16-13(18)12-9(14)3-2-6-15-12/h2-7,17H,1H3,(H,16,18). The van der Waals surface area contributed by atoms with Crippen LogP contribution in [-0.4, -0.2) is 23.1 Å². The summed E-state index contributed by atoms with van der Waals surface area (Å²) in [4.78, 5) is 16.0. The van der Waals surface area contributed by atoms with Crippen molar-refractivity contribution in [2.24, 2.45) is 0 Å². The fourth-order valence-corrected chi connectivity index (χ4v) is 1.91. The molecule has 2 rings (SSSR count). The highest BCUT2D eigenvalue weighted by molar-refractivity contribution is 9.10. The van der Waals surface area contributed by atoms with Crippen LogP contribution in [0.2, 0.25) is 0 Å². The van der Waals surface area contributed by atoms with E-state index >= 15 is 0 Å². The molecule has 2 aromatic rings. The van der Waals surface area contributed by atoms with E-state index in [-0.39, 0.29) is 17.1 Å². The minimum atomic E-state index is -0.420. The minimum Gasteiger partial charge on any atom is -0.506 e. The van der Waals surface area contributed by atoms with Gasteiger partial charge >= 0.3 is 0 Å². The van der Waals surface area contributed by atoms with Crippen LogP contribution in [0.15, 0.2) is 41.0 Å². The second-order valence-electron chi connectivity index (χ2n) is 3.67. The molecule has 0 radical (unpaired) electrons. The van der Waals surface area contributed by atoms with Crippen LogP contribution in [0.4, 0.5) is 5.69 Å². The molecule has 19 heavy (non-hydrogen) atoms. The van der Waals surface area contributed by atoms with E-state index in [4.69, 9.17) is 4.74 Å². The first kappa shape index (κ1) is 13.4. The average Bonchev–Trinajstić information content (AvgIpc) is 2.41. The van der Waals surface area contributed by atoms with E-state index in [1.807, 2.05) is 0 Å². The zero-order valence-electron chi connectivity index (χ0n) is 10.1. The summed E-state index contributed by atoms with van der Waals surface area (Å²) in [5.74, 6) is 0.0745. The summed E-state index contributed by atoms with van der Waals surface area (Å²) in [6.07, 6.45) is 1.52. The van der Waals surface area contributed by atoms with E-state index in [9.17, 15) is 9.90 Å². The summed E-state index contributed by atoms with van der Waals surface area (Å²) >= 11 is 3.25. The lowest BCUT2D eigenvalue weighted by atomic mass is 10.2. The highest BCUT2D eigenvalue weighted by Crippen LogP contribution is 2.28. The van der Waals surface area contributed by atoms with Gasteiger partial charge in [-0.15, -0.1) is 0 Å². The molecule has 0 bridgehead atoms. The molecule has 0 aliphatic heterocycles. The number of hydrogen-bond acceptors (Lipinski definition) is 4. The van der Waals surface area contributed by atoms with Crippen LogP contribution in [0, 0.1) is 0 Å². The second kappa shape index (κ2) is 5.71. The van der Waals surface area contributed by atoms with Gasteiger partial charge in [0.2, 0.25) is 0 Å². The summed E-state index contributed by atoms with van der Waals surface area (Å²) in [7, 11) is 1.51. The quantitative estimate of drug-likeness (QED) is 0.852. The van der Waals surface area contributed by atoms with Gasteiger partial charge in [-0.25, -0.2) is 4.98 Å². The van der Waals surface area contributed by atoms with Crippen LogP contribution in [0.1, 0.15) is 10.5 Å². The molecule has 5 nitrogen and oxygen atoms in total. The molecule has 0 aliphatic rings. The first-order valence-electron chi connectivity index (χ1n) is 5.40. The number of carbonyl (C=O) groups excluding carboxylic acids is 1. The number of phenols is 1. The van der Waals surface area contributed by atoms with Crippen LogP contribution < -0.4 is 10.1 Å². The van der Waals surface area contributed by atoms with Gasteiger partial charge in [0.1, 0.15) is 17.2 Å². The summed E-state index contributed by atoms with van der Waals surface area (Å²) in [6, 6.07) is 8.00. The highest BCUT2D eigenvalue weighted by atomic mass is 79.9. The molecular weight excluding hydrogens is 312 g/mol. The predicted octanol–water partition coefficient (Wildman–Crippen LogP) is 2.81. The lowest BCUT2D eigenvalue weighted by Crippen LogP contribution is -2.14. The maximum Gasteiger partial charge on any atom is 0.275 e. The highest BCUT2D eigenvalue weighted by Gasteiger charge is 2.13. The second-order valence-corrected chi connectivity index (χ2v) is 4.53. The van der Waals surface area contributed by atoms with Crippen LogP contribution >= 0.6 is 15.9 Å². The van der Waals surface area contributed by atoms with Crippen LogP contribution in [-0.2, 0) is 0 Å². The molecule has 0 saturated heterocycles. The van der Waals surface area contributed by atoms with E-state index in [2.05, 4.69) is 26.2 Å². The van der Waals surface area contributed by atoms with Crippen molar-refractivity contribution >= 4 is 27.5 Å². The van der Waals surface area contributed by atoms with Crippen molar-refractivity contribution in [3.05, 3.63) is 46.7 Å². The van der Waals surface area contributed by atoms with Gasteiger partial charge in [0.15, 0.2) is 0 Å². The Labute approximate surface area is 118 Å². The van der Waals surface area contributed by atoms with Gasteiger partial charge in [-0.1, -0.05) is 0 Å². The Morgan fingerprint density at radius 3 is 2.89 bits per heavy atom. The number of ether oxygens (including phenoxy) is 1. The van der Waals surface area contributed by atoms with Crippen LogP contribution in [0.25, 0.3) is 0 Å². The molecule has 1 heterocycles. The third-order valence-corrected chi connectivity index (χ3v) is 3.07. The van der Waals surface area contributed by atoms with Crippen LogP contribution in [0.5, 0.6) is 11.5 Å². The first-order chi connectivity index (χ1) is 9.11. The SMILES string of the molecule is COc1ccc(O)c(NC(=O)c2ncccc2Br)c1. The minimum absolute atomic E-state index is 0.0406. The molecular formula is C13H11BrN2O3. The van der Waals surface area contributed by atoms with Crippen molar-refractivity contribution in [1.82, 2.24) is 4.98 Å². The van der Waals surface area contributed by atoms with Crippen molar-refractivity contribution in [2.75, 3.05) is 12.4 Å². The molecule has 98 valence electrons. The van der Waals surface area contributed by atoms with E-state index in [1.165, 1.54) is 25.4 Å². The summed E-state index contributed by atoms with van der Waals surface area (Å²) in [6.45, 7) is 0. The Hall–Kier alpha value is -2.08. The number of carbonyl (C=O) groups is 1. The number of hydrogen-bond donors (Lipinski definition) is 2. The molecule has 1 aromatic carbocycles. The molecule has 0 saturated carbocycles. The molecule has 2 N–H and O–H groups in total. The molecule has 0 atom stereocenters. The van der Waals surface area contributed by atoms with E-state index < -0.39 is 5.91 Å². The van der Waals surface area contributed by atoms with E-state index in [0.29, 0.717) is 10.2 Å². The molecule has 1 amide bonds. The van der Waals surface area contributed by atoms with Crippen molar-refractivity contribution < 1.29 is 14.6 Å². The number of methoxy groups -OCH3 is 1. The molecule has 1 aromatic heterocycles. The van der Waals surface area contributed by atoms with Gasteiger partial charge in [0, 0.05) is 16.7 Å². The van der Waals surface area contributed by atoms with Crippen molar-refractivity contribution in [2.45, 2.75) is 0 Å². The monoisotopic (exact) mass is 322 g/mol. The number of anilines is 1. The number of aromatic hydroxyl groups is 1. The van der Waals surface area contributed by atoms with Gasteiger partial charge in [-0.3, -0.25) is 4.79 Å². The number of rotatable bonds is 3. The Morgan fingerprint density at radius 1 is 1.42 bits per heavy atom. The fourth-order valence-electron chi connectivity index (χ4n) is 1.48. The summed E-state index contributed by atoms with van der Waals surface area (Å²) in [5.41, 5.74) is 0.506. The Balaban J connectivity index is 2.26. The number of nitrogens with zero attached hydrogens (tertiary/aromatic N) is 1. The number of benzene rings is 1. The third-order valence-electron chi connectivity index (χ3n) is 2.43. The largest absolute Gasteiger partial charge is 0.506 e. The van der Waals surface area contributed by atoms with Crippen molar-refractivity contribution in [3.63, 3.8) is 0 Å². The third kappa shape index (κ3) is 3.03. The average molecular weight is 323 g/mol. The molecule has 0 spiro atoms. The molecule has 0 fully saturated rings. The van der Waals surface area contributed by atoms with E-state index in [0.717, 1.165) is 0 Å². The topological polar surface area (TPSA) is 71.5 Å². The number of aromatic nitrogens is 1. The van der Waals surface area contributed by atoms with Crippen molar-refractivity contribution in [1.29, 1.82) is 0 Å². The van der Waals surface area contributed by atoms with Gasteiger partial charge in [-0.2, -0.15) is 0 Å². The first-order valence-corrected chi connectivity index (χ1v) is 6.20. The van der Waals surface area contributed by atoms with Crippen molar-refractivity contribution in [3.8, 4) is 11.5 Å². The Kier molecular flexibility index (Phi) is 4.01. The van der Waals surface area contributed by atoms with Gasteiger partial charge in [-0.05, 0) is 40.2 Å². The number of halogens is 1. The summed E-state index contributed by atoms with van der Waals surface area (Å²) < 4.78 is 5.61. The zero-order valence-corrected chi connectivity index (χ0v) is 11.6. The van der Waals surface area contributed by atoms with E-state index in [1.54, 1.807) is 18.2 Å². The molecule has 0 unspecified atom stereocenters. The number of pyridine rings is 1. The maximum atomic E-state index is 12.0.